The zero-order valence-corrected chi connectivity index (χ0v) is 11.9. The van der Waals surface area contributed by atoms with Crippen LogP contribution in [0.3, 0.4) is 0 Å². The topological polar surface area (TPSA) is 47.6 Å². The smallest absolute Gasteiger partial charge is 0.332 e. The van der Waals surface area contributed by atoms with Crippen LogP contribution in [0, 0.1) is 6.92 Å². The fourth-order valence-electron chi connectivity index (χ4n) is 1.68. The van der Waals surface area contributed by atoms with Crippen LogP contribution in [-0.4, -0.2) is 32.3 Å². The number of esters is 1. The summed E-state index contributed by atoms with van der Waals surface area (Å²) in [4.78, 5) is 11.0. The first-order valence-electron chi connectivity index (χ1n) is 6.66. The van der Waals surface area contributed by atoms with Gasteiger partial charge < -0.3 is 14.8 Å². The normalized spacial score (nSPS) is 12.2. The third-order valence-electron chi connectivity index (χ3n) is 2.80. The fourth-order valence-corrected chi connectivity index (χ4v) is 1.68. The van der Waals surface area contributed by atoms with Crippen LogP contribution in [0.5, 0.6) is 0 Å². The van der Waals surface area contributed by atoms with Gasteiger partial charge in [-0.05, 0) is 26.3 Å². The molecule has 0 unspecified atom stereocenters. The van der Waals surface area contributed by atoms with Crippen molar-refractivity contribution >= 4 is 5.97 Å². The summed E-state index contributed by atoms with van der Waals surface area (Å²) in [5.74, 6) is -0.311. The molecule has 4 heteroatoms. The second-order valence-electron chi connectivity index (χ2n) is 4.44. The molecule has 0 aliphatic carbocycles. The van der Waals surface area contributed by atoms with Gasteiger partial charge in [0.2, 0.25) is 0 Å². The summed E-state index contributed by atoms with van der Waals surface area (Å²) in [6, 6.07) is 8.71. The summed E-state index contributed by atoms with van der Waals surface area (Å²) in [5.41, 5.74) is 2.50. The molecule has 4 nitrogen and oxygen atoms in total. The van der Waals surface area contributed by atoms with Crippen LogP contribution < -0.4 is 5.32 Å². The number of rotatable bonds is 8. The summed E-state index contributed by atoms with van der Waals surface area (Å²) in [6.07, 6.45) is 0. The van der Waals surface area contributed by atoms with Gasteiger partial charge in [0.1, 0.15) is 6.61 Å². The van der Waals surface area contributed by atoms with E-state index in [0.29, 0.717) is 19.8 Å². The summed E-state index contributed by atoms with van der Waals surface area (Å²) in [5, 5.41) is 3.35. The van der Waals surface area contributed by atoms with Crippen molar-refractivity contribution in [3.05, 3.63) is 35.4 Å². The molecule has 1 rings (SSSR count). The summed E-state index contributed by atoms with van der Waals surface area (Å²) >= 11 is 0. The molecule has 1 atom stereocenters. The molecule has 106 valence electrons. The fraction of sp³-hybridized carbons (Fsp3) is 0.533. The lowest BCUT2D eigenvalue weighted by Gasteiger charge is -2.14. The molecular formula is C15H23NO3. The Hall–Kier alpha value is -1.39. The molecule has 0 fully saturated rings. The highest BCUT2D eigenvalue weighted by molar-refractivity contribution is 5.70. The van der Waals surface area contributed by atoms with Crippen LogP contribution >= 0.6 is 0 Å². The molecule has 1 aromatic rings. The summed E-state index contributed by atoms with van der Waals surface area (Å²) < 4.78 is 9.98. The zero-order chi connectivity index (χ0) is 14.1. The van der Waals surface area contributed by atoms with Gasteiger partial charge in [0.05, 0.1) is 13.2 Å². The number of carbonyl (C=O) groups is 1. The summed E-state index contributed by atoms with van der Waals surface area (Å²) in [6.45, 7) is 7.58. The van der Waals surface area contributed by atoms with Crippen LogP contribution in [0.15, 0.2) is 24.3 Å². The van der Waals surface area contributed by atoms with E-state index in [9.17, 15) is 4.79 Å². The standard InChI is InChI=1S/C15H23NO3/c1-4-19-15(17)11-18-10-9-16-13(3)14-7-5-12(2)6-8-14/h5-8,13,16H,4,9-11H2,1-3H3/t13-/m0/s1. The van der Waals surface area contributed by atoms with Crippen LogP contribution in [0.2, 0.25) is 0 Å². The molecule has 1 aromatic carbocycles. The van der Waals surface area contributed by atoms with E-state index in [1.165, 1.54) is 11.1 Å². The Bertz CT molecular complexity index is 375. The number of benzene rings is 1. The Morgan fingerprint density at radius 3 is 2.63 bits per heavy atom. The van der Waals surface area contributed by atoms with Gasteiger partial charge in [-0.2, -0.15) is 0 Å². The Morgan fingerprint density at radius 2 is 2.00 bits per heavy atom. The molecule has 0 saturated carbocycles. The minimum atomic E-state index is -0.311. The second kappa shape index (κ2) is 8.67. The molecular weight excluding hydrogens is 242 g/mol. The third kappa shape index (κ3) is 6.36. The number of ether oxygens (including phenoxy) is 2. The molecule has 0 amide bonds. The Balaban J connectivity index is 2.15. The zero-order valence-electron chi connectivity index (χ0n) is 11.9. The average molecular weight is 265 g/mol. The van der Waals surface area contributed by atoms with Crippen molar-refractivity contribution in [2.45, 2.75) is 26.8 Å². The maximum atomic E-state index is 11.0. The van der Waals surface area contributed by atoms with E-state index < -0.39 is 0 Å². The van der Waals surface area contributed by atoms with Crippen molar-refractivity contribution in [1.29, 1.82) is 0 Å². The lowest BCUT2D eigenvalue weighted by atomic mass is 10.1. The van der Waals surface area contributed by atoms with Crippen molar-refractivity contribution in [2.24, 2.45) is 0 Å². The van der Waals surface area contributed by atoms with Crippen LogP contribution in [-0.2, 0) is 14.3 Å². The Kier molecular flexibility index (Phi) is 7.15. The van der Waals surface area contributed by atoms with E-state index in [-0.39, 0.29) is 18.6 Å². The van der Waals surface area contributed by atoms with E-state index in [4.69, 9.17) is 9.47 Å². The minimum Gasteiger partial charge on any atom is -0.464 e. The van der Waals surface area contributed by atoms with Crippen molar-refractivity contribution < 1.29 is 14.3 Å². The van der Waals surface area contributed by atoms with Crippen molar-refractivity contribution in [1.82, 2.24) is 5.32 Å². The van der Waals surface area contributed by atoms with Crippen LogP contribution in [0.1, 0.15) is 31.0 Å². The van der Waals surface area contributed by atoms with Crippen LogP contribution in [0.4, 0.5) is 0 Å². The first-order chi connectivity index (χ1) is 9.13. The molecule has 0 heterocycles. The van der Waals surface area contributed by atoms with Crippen LogP contribution in [0.25, 0.3) is 0 Å². The van der Waals surface area contributed by atoms with E-state index in [1.807, 2.05) is 0 Å². The molecule has 1 N–H and O–H groups in total. The monoisotopic (exact) mass is 265 g/mol. The molecule has 0 aliphatic heterocycles. The number of hydrogen-bond acceptors (Lipinski definition) is 4. The van der Waals surface area contributed by atoms with Gasteiger partial charge in [0.15, 0.2) is 0 Å². The number of carbonyl (C=O) groups excluding carboxylic acids is 1. The molecule has 0 bridgehead atoms. The van der Waals surface area contributed by atoms with Gasteiger partial charge in [-0.3, -0.25) is 0 Å². The van der Waals surface area contributed by atoms with Crippen molar-refractivity contribution in [2.75, 3.05) is 26.4 Å². The van der Waals surface area contributed by atoms with Gasteiger partial charge in [-0.25, -0.2) is 4.79 Å². The van der Waals surface area contributed by atoms with Gasteiger partial charge in [0, 0.05) is 12.6 Å². The SMILES string of the molecule is CCOC(=O)COCCN[C@@H](C)c1ccc(C)cc1. The lowest BCUT2D eigenvalue weighted by molar-refractivity contribution is -0.148. The Morgan fingerprint density at radius 1 is 1.32 bits per heavy atom. The molecule has 19 heavy (non-hydrogen) atoms. The number of aryl methyl sites for hydroxylation is 1. The van der Waals surface area contributed by atoms with Crippen molar-refractivity contribution in [3.8, 4) is 0 Å². The first kappa shape index (κ1) is 15.7. The molecule has 0 aliphatic rings. The lowest BCUT2D eigenvalue weighted by Crippen LogP contribution is -2.24. The molecule has 0 saturated heterocycles. The van der Waals surface area contributed by atoms with Gasteiger partial charge in [-0.15, -0.1) is 0 Å². The van der Waals surface area contributed by atoms with Gasteiger partial charge >= 0.3 is 5.97 Å². The highest BCUT2D eigenvalue weighted by atomic mass is 16.6. The average Bonchev–Trinajstić information content (AvgIpc) is 2.39. The highest BCUT2D eigenvalue weighted by Gasteiger charge is 2.04. The van der Waals surface area contributed by atoms with Gasteiger partial charge in [-0.1, -0.05) is 29.8 Å². The van der Waals surface area contributed by atoms with E-state index >= 15 is 0 Å². The maximum absolute atomic E-state index is 11.0. The third-order valence-corrected chi connectivity index (χ3v) is 2.80. The molecule has 0 aromatic heterocycles. The number of hydrogen-bond donors (Lipinski definition) is 1. The number of nitrogens with one attached hydrogen (secondary N) is 1. The summed E-state index contributed by atoms with van der Waals surface area (Å²) in [7, 11) is 0. The first-order valence-corrected chi connectivity index (χ1v) is 6.66. The Labute approximate surface area is 115 Å². The van der Waals surface area contributed by atoms with Gasteiger partial charge in [0.25, 0.3) is 0 Å². The second-order valence-corrected chi connectivity index (χ2v) is 4.44. The molecule has 0 spiro atoms. The van der Waals surface area contributed by atoms with E-state index in [2.05, 4.69) is 43.4 Å². The van der Waals surface area contributed by atoms with E-state index in [0.717, 1.165) is 0 Å². The largest absolute Gasteiger partial charge is 0.464 e. The predicted octanol–water partition coefficient (Wildman–Crippen LogP) is 2.23. The highest BCUT2D eigenvalue weighted by Crippen LogP contribution is 2.12. The van der Waals surface area contributed by atoms with Crippen molar-refractivity contribution in [3.63, 3.8) is 0 Å². The molecule has 0 radical (unpaired) electrons. The predicted molar refractivity (Wildman–Crippen MR) is 75.0 cm³/mol. The maximum Gasteiger partial charge on any atom is 0.332 e. The minimum absolute atomic E-state index is 0.0223. The van der Waals surface area contributed by atoms with E-state index in [1.54, 1.807) is 6.92 Å². The quantitative estimate of drug-likeness (QED) is 0.578.